The highest BCUT2D eigenvalue weighted by molar-refractivity contribution is 5.28. The lowest BCUT2D eigenvalue weighted by atomic mass is 10.1. The number of aliphatic hydroxyl groups is 1. The van der Waals surface area contributed by atoms with Gasteiger partial charge >= 0.3 is 6.18 Å². The Kier molecular flexibility index (Phi) is 3.10. The Labute approximate surface area is 78.0 Å². The van der Waals surface area contributed by atoms with E-state index in [0.717, 1.165) is 6.07 Å². The standard InChI is InChI=1S/C9H8F4O/c10-8-6(4-5-14)2-1-3-7(8)9(11,12)13/h1-3,14H,4-5H2. The van der Waals surface area contributed by atoms with Gasteiger partial charge in [0.25, 0.3) is 0 Å². The molecular formula is C9H8F4O. The van der Waals surface area contributed by atoms with Gasteiger partial charge in [0.1, 0.15) is 5.82 Å². The summed E-state index contributed by atoms with van der Waals surface area (Å²) in [7, 11) is 0. The van der Waals surface area contributed by atoms with Crippen LogP contribution >= 0.6 is 0 Å². The summed E-state index contributed by atoms with van der Waals surface area (Å²) < 4.78 is 49.6. The predicted octanol–water partition coefficient (Wildman–Crippen LogP) is 2.38. The normalized spacial score (nSPS) is 11.8. The Bertz CT molecular complexity index is 319. The summed E-state index contributed by atoms with van der Waals surface area (Å²) in [5.74, 6) is -1.30. The third kappa shape index (κ3) is 2.23. The zero-order valence-corrected chi connectivity index (χ0v) is 7.11. The van der Waals surface area contributed by atoms with Crippen LogP contribution in [0.3, 0.4) is 0 Å². The van der Waals surface area contributed by atoms with Crippen LogP contribution in [0.25, 0.3) is 0 Å². The van der Waals surface area contributed by atoms with Crippen LogP contribution in [0.5, 0.6) is 0 Å². The molecule has 0 aliphatic carbocycles. The first-order chi connectivity index (χ1) is 6.46. The van der Waals surface area contributed by atoms with Crippen LogP contribution in [0, 0.1) is 5.82 Å². The van der Waals surface area contributed by atoms with Crippen molar-refractivity contribution in [2.45, 2.75) is 12.6 Å². The molecule has 0 bridgehead atoms. The Morgan fingerprint density at radius 2 is 1.86 bits per heavy atom. The van der Waals surface area contributed by atoms with Crippen molar-refractivity contribution in [3.05, 3.63) is 35.1 Å². The largest absolute Gasteiger partial charge is 0.419 e. The zero-order valence-electron chi connectivity index (χ0n) is 7.11. The number of aliphatic hydroxyl groups excluding tert-OH is 1. The maximum absolute atomic E-state index is 13.1. The second kappa shape index (κ2) is 3.96. The quantitative estimate of drug-likeness (QED) is 0.740. The SMILES string of the molecule is OCCc1cccc(C(F)(F)F)c1F. The molecule has 1 nitrogen and oxygen atoms in total. The summed E-state index contributed by atoms with van der Waals surface area (Å²) >= 11 is 0. The van der Waals surface area contributed by atoms with Gasteiger partial charge in [0.05, 0.1) is 5.56 Å². The fraction of sp³-hybridized carbons (Fsp3) is 0.333. The van der Waals surface area contributed by atoms with Gasteiger partial charge in [-0.2, -0.15) is 13.2 Å². The van der Waals surface area contributed by atoms with Gasteiger partial charge in [-0.25, -0.2) is 4.39 Å². The lowest BCUT2D eigenvalue weighted by Gasteiger charge is -2.10. The fourth-order valence-corrected chi connectivity index (χ4v) is 1.11. The molecule has 0 saturated carbocycles. The molecule has 0 aromatic heterocycles. The predicted molar refractivity (Wildman–Crippen MR) is 42.2 cm³/mol. The highest BCUT2D eigenvalue weighted by Gasteiger charge is 2.34. The van der Waals surface area contributed by atoms with Crippen molar-refractivity contribution in [3.63, 3.8) is 0 Å². The minimum atomic E-state index is -4.68. The minimum absolute atomic E-state index is 0.115. The van der Waals surface area contributed by atoms with Crippen molar-refractivity contribution in [3.8, 4) is 0 Å². The van der Waals surface area contributed by atoms with Gasteiger partial charge in [-0.1, -0.05) is 12.1 Å². The van der Waals surface area contributed by atoms with Crippen LogP contribution < -0.4 is 0 Å². The lowest BCUT2D eigenvalue weighted by Crippen LogP contribution is -2.10. The molecule has 0 amide bonds. The molecule has 1 N–H and O–H groups in total. The number of halogens is 4. The van der Waals surface area contributed by atoms with Gasteiger partial charge in [0.15, 0.2) is 0 Å². The van der Waals surface area contributed by atoms with Gasteiger partial charge < -0.3 is 5.11 Å². The molecule has 0 radical (unpaired) electrons. The number of hydrogen-bond acceptors (Lipinski definition) is 1. The van der Waals surface area contributed by atoms with E-state index in [1.165, 1.54) is 6.07 Å². The molecule has 0 fully saturated rings. The molecule has 0 aliphatic rings. The van der Waals surface area contributed by atoms with Crippen LogP contribution in [-0.4, -0.2) is 11.7 Å². The third-order valence-corrected chi connectivity index (χ3v) is 1.77. The highest BCUT2D eigenvalue weighted by Crippen LogP contribution is 2.32. The van der Waals surface area contributed by atoms with E-state index in [1.807, 2.05) is 0 Å². The third-order valence-electron chi connectivity index (χ3n) is 1.77. The summed E-state index contributed by atoms with van der Waals surface area (Å²) in [6.45, 7) is -0.377. The van der Waals surface area contributed by atoms with E-state index in [1.54, 1.807) is 0 Å². The monoisotopic (exact) mass is 208 g/mol. The Hall–Kier alpha value is -1.10. The van der Waals surface area contributed by atoms with Crippen molar-refractivity contribution in [1.29, 1.82) is 0 Å². The molecule has 0 atom stereocenters. The number of benzene rings is 1. The molecule has 5 heteroatoms. The lowest BCUT2D eigenvalue weighted by molar-refractivity contribution is -0.140. The fourth-order valence-electron chi connectivity index (χ4n) is 1.11. The van der Waals surface area contributed by atoms with E-state index in [-0.39, 0.29) is 18.6 Å². The first-order valence-electron chi connectivity index (χ1n) is 3.92. The topological polar surface area (TPSA) is 20.2 Å². The zero-order chi connectivity index (χ0) is 10.8. The molecule has 0 heterocycles. The molecule has 1 aromatic carbocycles. The van der Waals surface area contributed by atoms with Crippen molar-refractivity contribution in [2.75, 3.05) is 6.61 Å². The van der Waals surface area contributed by atoms with E-state index in [2.05, 4.69) is 0 Å². The number of alkyl halides is 3. The van der Waals surface area contributed by atoms with Gasteiger partial charge in [0, 0.05) is 6.61 Å². The number of rotatable bonds is 2. The average Bonchev–Trinajstić information content (AvgIpc) is 2.07. The molecular weight excluding hydrogens is 200 g/mol. The van der Waals surface area contributed by atoms with E-state index in [0.29, 0.717) is 6.07 Å². The van der Waals surface area contributed by atoms with Crippen LogP contribution in [0.2, 0.25) is 0 Å². The van der Waals surface area contributed by atoms with Crippen LogP contribution in [-0.2, 0) is 12.6 Å². The summed E-state index contributed by atoms with van der Waals surface area (Å²) in [5.41, 5.74) is -1.41. The Morgan fingerprint density at radius 3 is 2.36 bits per heavy atom. The second-order valence-electron chi connectivity index (χ2n) is 2.75. The molecule has 0 saturated heterocycles. The highest BCUT2D eigenvalue weighted by atomic mass is 19.4. The Morgan fingerprint density at radius 1 is 1.21 bits per heavy atom. The minimum Gasteiger partial charge on any atom is -0.396 e. The van der Waals surface area contributed by atoms with Crippen LogP contribution in [0.4, 0.5) is 17.6 Å². The summed E-state index contributed by atoms with van der Waals surface area (Å²) in [6.07, 6.45) is -4.80. The molecule has 14 heavy (non-hydrogen) atoms. The summed E-state index contributed by atoms with van der Waals surface area (Å²) in [6, 6.07) is 3.02. The molecule has 0 unspecified atom stereocenters. The van der Waals surface area contributed by atoms with E-state index in [4.69, 9.17) is 5.11 Å². The van der Waals surface area contributed by atoms with Gasteiger partial charge in [0.2, 0.25) is 0 Å². The molecule has 0 spiro atoms. The van der Waals surface area contributed by atoms with Gasteiger partial charge in [-0.3, -0.25) is 0 Å². The van der Waals surface area contributed by atoms with Crippen molar-refractivity contribution < 1.29 is 22.7 Å². The number of hydrogen-bond donors (Lipinski definition) is 1. The first kappa shape index (κ1) is 11.0. The van der Waals surface area contributed by atoms with Crippen molar-refractivity contribution >= 4 is 0 Å². The maximum Gasteiger partial charge on any atom is 0.419 e. The maximum atomic E-state index is 13.1. The van der Waals surface area contributed by atoms with Gasteiger partial charge in [-0.05, 0) is 18.1 Å². The van der Waals surface area contributed by atoms with Crippen LogP contribution in [0.1, 0.15) is 11.1 Å². The average molecular weight is 208 g/mol. The van der Waals surface area contributed by atoms with Crippen molar-refractivity contribution in [1.82, 2.24) is 0 Å². The molecule has 1 rings (SSSR count). The Balaban J connectivity index is 3.14. The summed E-state index contributed by atoms with van der Waals surface area (Å²) in [4.78, 5) is 0. The summed E-state index contributed by atoms with van der Waals surface area (Å²) in [5, 5.41) is 8.49. The molecule has 0 aliphatic heterocycles. The van der Waals surface area contributed by atoms with E-state index in [9.17, 15) is 17.6 Å². The molecule has 1 aromatic rings. The molecule has 78 valence electrons. The van der Waals surface area contributed by atoms with Crippen LogP contribution in [0.15, 0.2) is 18.2 Å². The van der Waals surface area contributed by atoms with E-state index >= 15 is 0 Å². The smallest absolute Gasteiger partial charge is 0.396 e. The van der Waals surface area contributed by atoms with Crippen molar-refractivity contribution in [2.24, 2.45) is 0 Å². The first-order valence-corrected chi connectivity index (χ1v) is 3.92. The van der Waals surface area contributed by atoms with E-state index < -0.39 is 17.6 Å². The second-order valence-corrected chi connectivity index (χ2v) is 2.75. The van der Waals surface area contributed by atoms with Gasteiger partial charge in [-0.15, -0.1) is 0 Å².